The Hall–Kier alpha value is 0.140. The fraction of sp³-hybridized carbons (Fsp3) is 0.778. The van der Waals surface area contributed by atoms with Gasteiger partial charge in [0.2, 0.25) is 0 Å². The standard InChI is InChI=1S/C18H26BrNS/c1-20-16(6-17-5-15(19)11-21-17)10-18-7-12-2-13(8-18)4-14(3-12)9-18/h5,11-14,16,20H,2-4,6-10H2,1H3. The predicted octanol–water partition coefficient (Wildman–Crippen LogP) is 5.25. The van der Waals surface area contributed by atoms with E-state index in [9.17, 15) is 0 Å². The molecule has 0 spiro atoms. The lowest BCUT2D eigenvalue weighted by Crippen LogP contribution is -2.48. The SMILES string of the molecule is CNC(Cc1cc(Br)cs1)CC12CC3CC(CC(C3)C1)C2. The first kappa shape index (κ1) is 14.7. The highest BCUT2D eigenvalue weighted by Crippen LogP contribution is 2.61. The van der Waals surface area contributed by atoms with E-state index in [-0.39, 0.29) is 0 Å². The van der Waals surface area contributed by atoms with Crippen molar-refractivity contribution in [2.24, 2.45) is 23.2 Å². The smallest absolute Gasteiger partial charge is 0.0285 e. The molecule has 4 aliphatic carbocycles. The monoisotopic (exact) mass is 367 g/mol. The van der Waals surface area contributed by atoms with Gasteiger partial charge in [0.05, 0.1) is 0 Å². The van der Waals surface area contributed by atoms with Gasteiger partial charge < -0.3 is 5.32 Å². The second-order valence-electron chi connectivity index (χ2n) is 8.04. The molecule has 1 aromatic heterocycles. The average Bonchev–Trinajstić information content (AvgIpc) is 2.81. The van der Waals surface area contributed by atoms with Gasteiger partial charge in [-0.2, -0.15) is 0 Å². The molecular formula is C18H26BrNS. The minimum atomic E-state index is 0.659. The second kappa shape index (κ2) is 5.65. The summed E-state index contributed by atoms with van der Waals surface area (Å²) in [7, 11) is 2.16. The molecule has 1 unspecified atom stereocenters. The summed E-state index contributed by atoms with van der Waals surface area (Å²) in [6, 6.07) is 2.96. The summed E-state index contributed by atoms with van der Waals surface area (Å²) in [6.07, 6.45) is 11.9. The van der Waals surface area contributed by atoms with Crippen LogP contribution in [-0.4, -0.2) is 13.1 Å². The zero-order valence-corrected chi connectivity index (χ0v) is 15.3. The van der Waals surface area contributed by atoms with Gasteiger partial charge in [0.1, 0.15) is 0 Å². The van der Waals surface area contributed by atoms with Crippen LogP contribution in [0.5, 0.6) is 0 Å². The lowest BCUT2D eigenvalue weighted by Gasteiger charge is -2.57. The zero-order chi connectivity index (χ0) is 14.4. The lowest BCUT2D eigenvalue weighted by atomic mass is 9.48. The van der Waals surface area contributed by atoms with E-state index in [1.807, 2.05) is 11.3 Å². The third kappa shape index (κ3) is 2.98. The highest BCUT2D eigenvalue weighted by atomic mass is 79.9. The van der Waals surface area contributed by atoms with Crippen molar-refractivity contribution in [1.29, 1.82) is 0 Å². The Labute approximate surface area is 141 Å². The van der Waals surface area contributed by atoms with E-state index in [4.69, 9.17) is 0 Å². The number of thiophene rings is 1. The molecule has 1 N–H and O–H groups in total. The molecule has 5 rings (SSSR count). The first-order valence-electron chi connectivity index (χ1n) is 8.54. The largest absolute Gasteiger partial charge is 0.317 e. The molecule has 21 heavy (non-hydrogen) atoms. The first-order chi connectivity index (χ1) is 10.1. The summed E-state index contributed by atoms with van der Waals surface area (Å²) in [4.78, 5) is 1.52. The molecule has 0 aliphatic heterocycles. The minimum absolute atomic E-state index is 0.659. The van der Waals surface area contributed by atoms with Gasteiger partial charge in [-0.05, 0) is 104 Å². The molecule has 4 fully saturated rings. The van der Waals surface area contributed by atoms with Gasteiger partial charge in [0, 0.05) is 20.8 Å². The summed E-state index contributed by atoms with van der Waals surface area (Å²) < 4.78 is 1.24. The fourth-order valence-corrected chi connectivity index (χ4v) is 7.58. The molecule has 1 nitrogen and oxygen atoms in total. The van der Waals surface area contributed by atoms with Gasteiger partial charge in [-0.1, -0.05) is 0 Å². The summed E-state index contributed by atoms with van der Waals surface area (Å²) in [6.45, 7) is 0. The Morgan fingerprint density at radius 2 is 1.86 bits per heavy atom. The van der Waals surface area contributed by atoms with Gasteiger partial charge in [-0.15, -0.1) is 11.3 Å². The third-order valence-corrected chi connectivity index (χ3v) is 8.04. The van der Waals surface area contributed by atoms with Crippen LogP contribution in [0.3, 0.4) is 0 Å². The van der Waals surface area contributed by atoms with Gasteiger partial charge in [0.15, 0.2) is 0 Å². The van der Waals surface area contributed by atoms with Crippen molar-refractivity contribution in [1.82, 2.24) is 5.32 Å². The summed E-state index contributed by atoms with van der Waals surface area (Å²) in [5, 5.41) is 5.84. The highest BCUT2D eigenvalue weighted by molar-refractivity contribution is 9.10. The van der Waals surface area contributed by atoms with E-state index in [1.54, 1.807) is 19.3 Å². The van der Waals surface area contributed by atoms with Gasteiger partial charge in [0.25, 0.3) is 0 Å². The van der Waals surface area contributed by atoms with Crippen LogP contribution in [0.15, 0.2) is 15.9 Å². The summed E-state index contributed by atoms with van der Waals surface area (Å²) in [5.41, 5.74) is 0.691. The average molecular weight is 368 g/mol. The third-order valence-electron chi connectivity index (χ3n) is 6.32. The van der Waals surface area contributed by atoms with Crippen LogP contribution >= 0.6 is 27.3 Å². The van der Waals surface area contributed by atoms with Crippen molar-refractivity contribution in [3.63, 3.8) is 0 Å². The number of hydrogen-bond donors (Lipinski definition) is 1. The lowest BCUT2D eigenvalue weighted by molar-refractivity contribution is -0.0616. The van der Waals surface area contributed by atoms with E-state index in [1.165, 1.54) is 41.5 Å². The number of halogens is 1. The highest BCUT2D eigenvalue weighted by Gasteiger charge is 2.51. The van der Waals surface area contributed by atoms with Gasteiger partial charge >= 0.3 is 0 Å². The van der Waals surface area contributed by atoms with Crippen LogP contribution < -0.4 is 5.32 Å². The minimum Gasteiger partial charge on any atom is -0.317 e. The maximum atomic E-state index is 3.63. The van der Waals surface area contributed by atoms with Crippen molar-refractivity contribution in [3.05, 3.63) is 20.8 Å². The number of likely N-dealkylation sites (N-methyl/N-ethyl adjacent to an activating group) is 1. The fourth-order valence-electron chi connectivity index (χ4n) is 6.04. The molecule has 1 heterocycles. The van der Waals surface area contributed by atoms with E-state index in [0.717, 1.165) is 17.8 Å². The van der Waals surface area contributed by atoms with E-state index in [2.05, 4.69) is 39.7 Å². The number of rotatable bonds is 5. The first-order valence-corrected chi connectivity index (χ1v) is 10.2. The van der Waals surface area contributed by atoms with Crippen molar-refractivity contribution in [2.45, 2.75) is 57.4 Å². The molecule has 3 heteroatoms. The van der Waals surface area contributed by atoms with Crippen LogP contribution in [0.4, 0.5) is 0 Å². The Morgan fingerprint density at radius 3 is 2.33 bits per heavy atom. The maximum Gasteiger partial charge on any atom is 0.0285 e. The normalized spacial score (nSPS) is 38.9. The van der Waals surface area contributed by atoms with E-state index >= 15 is 0 Å². The molecule has 0 radical (unpaired) electrons. The van der Waals surface area contributed by atoms with Gasteiger partial charge in [-0.3, -0.25) is 0 Å². The number of nitrogens with one attached hydrogen (secondary N) is 1. The van der Waals surface area contributed by atoms with Crippen LogP contribution in [0, 0.1) is 23.2 Å². The Balaban J connectivity index is 1.46. The second-order valence-corrected chi connectivity index (χ2v) is 9.95. The maximum absolute atomic E-state index is 3.63. The zero-order valence-electron chi connectivity index (χ0n) is 12.9. The van der Waals surface area contributed by atoms with Crippen LogP contribution in [-0.2, 0) is 6.42 Å². The molecule has 116 valence electrons. The Bertz CT molecular complexity index is 474. The van der Waals surface area contributed by atoms with Crippen molar-refractivity contribution < 1.29 is 0 Å². The molecule has 1 atom stereocenters. The van der Waals surface area contributed by atoms with Gasteiger partial charge in [-0.25, -0.2) is 0 Å². The Kier molecular flexibility index (Phi) is 3.96. The van der Waals surface area contributed by atoms with Crippen LogP contribution in [0.2, 0.25) is 0 Å². The molecule has 1 aromatic rings. The molecular weight excluding hydrogens is 342 g/mol. The van der Waals surface area contributed by atoms with Crippen molar-refractivity contribution in [2.75, 3.05) is 7.05 Å². The summed E-state index contributed by atoms with van der Waals surface area (Å²) in [5.74, 6) is 3.22. The Morgan fingerprint density at radius 1 is 1.24 bits per heavy atom. The summed E-state index contributed by atoms with van der Waals surface area (Å²) >= 11 is 5.49. The molecule has 0 saturated heterocycles. The van der Waals surface area contributed by atoms with Crippen LogP contribution in [0.25, 0.3) is 0 Å². The molecule has 4 saturated carbocycles. The topological polar surface area (TPSA) is 12.0 Å². The van der Waals surface area contributed by atoms with E-state index in [0.29, 0.717) is 11.5 Å². The quantitative estimate of drug-likeness (QED) is 0.749. The molecule has 4 aliphatic rings. The van der Waals surface area contributed by atoms with Crippen molar-refractivity contribution in [3.8, 4) is 0 Å². The molecule has 0 aromatic carbocycles. The van der Waals surface area contributed by atoms with Crippen molar-refractivity contribution >= 4 is 27.3 Å². The molecule has 4 bridgehead atoms. The van der Waals surface area contributed by atoms with Crippen LogP contribution in [0.1, 0.15) is 49.8 Å². The number of hydrogen-bond acceptors (Lipinski definition) is 2. The van der Waals surface area contributed by atoms with E-state index < -0.39 is 0 Å². The molecule has 0 amide bonds. The predicted molar refractivity (Wildman–Crippen MR) is 93.8 cm³/mol.